The summed E-state index contributed by atoms with van der Waals surface area (Å²) >= 11 is 6.81. The van der Waals surface area contributed by atoms with Crippen molar-refractivity contribution in [2.75, 3.05) is 11.9 Å². The van der Waals surface area contributed by atoms with Gasteiger partial charge in [-0.25, -0.2) is 4.39 Å². The van der Waals surface area contributed by atoms with Crippen molar-refractivity contribution in [2.24, 2.45) is 0 Å². The zero-order valence-corrected chi connectivity index (χ0v) is 9.95. The zero-order valence-electron chi connectivity index (χ0n) is 6.78. The predicted molar refractivity (Wildman–Crippen MR) is 58.9 cm³/mol. The third-order valence-electron chi connectivity index (χ3n) is 2.12. The molecule has 4 heteroatoms. The lowest BCUT2D eigenvalue weighted by molar-refractivity contribution is 0.621. The average Bonchev–Trinajstić information content (AvgIpc) is 2.07. The highest BCUT2D eigenvalue weighted by atomic mass is 79.9. The predicted octanol–water partition coefficient (Wildman–Crippen LogP) is 3.84. The highest BCUT2D eigenvalue weighted by Gasteiger charge is 2.20. The number of halogens is 3. The summed E-state index contributed by atoms with van der Waals surface area (Å²) in [5, 5.41) is 3.06. The van der Waals surface area contributed by atoms with Crippen LogP contribution < -0.4 is 5.32 Å². The van der Waals surface area contributed by atoms with Crippen LogP contribution >= 0.6 is 31.9 Å². The molecule has 0 spiro atoms. The molecule has 0 bridgehead atoms. The Morgan fingerprint density at radius 2 is 2.23 bits per heavy atom. The molecule has 1 nitrogen and oxygen atoms in total. The van der Waals surface area contributed by atoms with Gasteiger partial charge in [0.05, 0.1) is 5.69 Å². The summed E-state index contributed by atoms with van der Waals surface area (Å²) in [6.45, 7) is 0.821. The molecule has 0 saturated carbocycles. The van der Waals surface area contributed by atoms with Crippen LogP contribution in [0.5, 0.6) is 0 Å². The average molecular weight is 309 g/mol. The Hall–Kier alpha value is -0.0900. The molecule has 0 fully saturated rings. The maximum absolute atomic E-state index is 13.4. The third-order valence-corrected chi connectivity index (χ3v) is 3.53. The smallest absolute Gasteiger partial charge is 0.147 e. The van der Waals surface area contributed by atoms with E-state index in [9.17, 15) is 4.39 Å². The molecule has 0 amide bonds. The molecule has 0 radical (unpaired) electrons. The topological polar surface area (TPSA) is 12.0 Å². The van der Waals surface area contributed by atoms with Crippen molar-refractivity contribution < 1.29 is 4.39 Å². The summed E-state index contributed by atoms with van der Waals surface area (Å²) in [5.74, 6) is -0.187. The minimum atomic E-state index is -0.187. The number of hydrogen-bond acceptors (Lipinski definition) is 1. The second-order valence-corrected chi connectivity index (χ2v) is 5.06. The minimum Gasteiger partial charge on any atom is -0.382 e. The Balaban J connectivity index is 2.56. The first kappa shape index (κ1) is 9.46. The number of fused-ring (bicyclic) bond motifs is 1. The molecule has 1 aliphatic heterocycles. The molecule has 0 saturated heterocycles. The fourth-order valence-electron chi connectivity index (χ4n) is 1.51. The lowest BCUT2D eigenvalue weighted by Gasteiger charge is -2.23. The molecule has 1 aromatic rings. The largest absolute Gasteiger partial charge is 0.382 e. The number of benzene rings is 1. The van der Waals surface area contributed by atoms with Gasteiger partial charge in [-0.1, -0.05) is 31.9 Å². The van der Waals surface area contributed by atoms with E-state index in [4.69, 9.17) is 0 Å². The van der Waals surface area contributed by atoms with Crippen molar-refractivity contribution in [1.82, 2.24) is 0 Å². The van der Waals surface area contributed by atoms with Crippen LogP contribution in [0.3, 0.4) is 0 Å². The van der Waals surface area contributed by atoms with Crippen LogP contribution in [0, 0.1) is 5.82 Å². The molecule has 1 aromatic carbocycles. The van der Waals surface area contributed by atoms with Crippen molar-refractivity contribution in [3.63, 3.8) is 0 Å². The molecule has 0 aliphatic carbocycles. The fraction of sp³-hybridized carbons (Fsp3) is 0.333. The second-order valence-electron chi connectivity index (χ2n) is 3.03. The van der Waals surface area contributed by atoms with E-state index in [1.54, 1.807) is 0 Å². The van der Waals surface area contributed by atoms with E-state index in [0.717, 1.165) is 23.0 Å². The van der Waals surface area contributed by atoms with Gasteiger partial charge in [-0.2, -0.15) is 0 Å². The van der Waals surface area contributed by atoms with Crippen molar-refractivity contribution >= 4 is 37.5 Å². The van der Waals surface area contributed by atoms with E-state index < -0.39 is 0 Å². The Bertz CT molecular complexity index is 341. The van der Waals surface area contributed by atoms with Crippen molar-refractivity contribution in [3.8, 4) is 0 Å². The van der Waals surface area contributed by atoms with Crippen molar-refractivity contribution in [1.29, 1.82) is 0 Å². The van der Waals surface area contributed by atoms with Crippen molar-refractivity contribution in [2.45, 2.75) is 11.2 Å². The highest BCUT2D eigenvalue weighted by Crippen LogP contribution is 2.38. The summed E-state index contributed by atoms with van der Waals surface area (Å²) in [6.07, 6.45) is 0.989. The van der Waals surface area contributed by atoms with Gasteiger partial charge in [0.2, 0.25) is 0 Å². The van der Waals surface area contributed by atoms with Gasteiger partial charge in [-0.15, -0.1) is 0 Å². The summed E-state index contributed by atoms with van der Waals surface area (Å²) in [6, 6.07) is 3.43. The second kappa shape index (κ2) is 3.58. The van der Waals surface area contributed by atoms with E-state index in [2.05, 4.69) is 37.2 Å². The van der Waals surface area contributed by atoms with E-state index in [0.29, 0.717) is 5.69 Å². The summed E-state index contributed by atoms with van der Waals surface area (Å²) < 4.78 is 14.2. The molecule has 1 unspecified atom stereocenters. The summed E-state index contributed by atoms with van der Waals surface area (Å²) in [5.41, 5.74) is 1.63. The first-order valence-corrected chi connectivity index (χ1v) is 5.76. The normalized spacial score (nSPS) is 20.7. The molecular formula is C9H8Br2FN. The number of nitrogens with one attached hydrogen (secondary N) is 1. The molecule has 0 aromatic heterocycles. The molecule has 13 heavy (non-hydrogen) atoms. The molecule has 70 valence electrons. The highest BCUT2D eigenvalue weighted by molar-refractivity contribution is 9.10. The standard InChI is InChI=1S/C9H8Br2FN/c10-5-3-6-7(11)1-2-13-9(6)8(12)4-5/h3-4,7,13H,1-2H2. The molecule has 2 rings (SSSR count). The first-order chi connectivity index (χ1) is 6.18. The van der Waals surface area contributed by atoms with Gasteiger partial charge in [0.25, 0.3) is 0 Å². The fourth-order valence-corrected chi connectivity index (χ4v) is 2.54. The quantitative estimate of drug-likeness (QED) is 0.718. The molecule has 1 N–H and O–H groups in total. The third kappa shape index (κ3) is 1.74. The number of rotatable bonds is 0. The Morgan fingerprint density at radius 1 is 1.46 bits per heavy atom. The van der Waals surface area contributed by atoms with E-state index in [1.165, 1.54) is 6.07 Å². The lowest BCUT2D eigenvalue weighted by Crippen LogP contribution is -2.14. The maximum Gasteiger partial charge on any atom is 0.147 e. The van der Waals surface area contributed by atoms with Gasteiger partial charge in [-0.3, -0.25) is 0 Å². The van der Waals surface area contributed by atoms with Gasteiger partial charge in [0.1, 0.15) is 5.82 Å². The lowest BCUT2D eigenvalue weighted by atomic mass is 10.0. The summed E-state index contributed by atoms with van der Waals surface area (Å²) in [4.78, 5) is 0.260. The van der Waals surface area contributed by atoms with Gasteiger partial charge in [0.15, 0.2) is 0 Å². The van der Waals surface area contributed by atoms with Crippen LogP contribution in [0.2, 0.25) is 0 Å². The minimum absolute atomic E-state index is 0.187. The zero-order chi connectivity index (χ0) is 9.42. The number of alkyl halides is 1. The number of hydrogen-bond donors (Lipinski definition) is 1. The van der Waals surface area contributed by atoms with Crippen LogP contribution in [0.15, 0.2) is 16.6 Å². The monoisotopic (exact) mass is 307 g/mol. The Morgan fingerprint density at radius 3 is 3.00 bits per heavy atom. The Kier molecular flexibility index (Phi) is 2.60. The van der Waals surface area contributed by atoms with Crippen molar-refractivity contribution in [3.05, 3.63) is 28.0 Å². The van der Waals surface area contributed by atoms with Gasteiger partial charge in [0, 0.05) is 15.8 Å². The molecular weight excluding hydrogens is 301 g/mol. The molecule has 1 aliphatic rings. The maximum atomic E-state index is 13.4. The van der Waals surface area contributed by atoms with E-state index in [1.807, 2.05) is 6.07 Å². The van der Waals surface area contributed by atoms with Crippen LogP contribution in [0.25, 0.3) is 0 Å². The van der Waals surface area contributed by atoms with Crippen LogP contribution in [0.1, 0.15) is 16.8 Å². The van der Waals surface area contributed by atoms with Gasteiger partial charge >= 0.3 is 0 Å². The first-order valence-electron chi connectivity index (χ1n) is 4.05. The van der Waals surface area contributed by atoms with E-state index >= 15 is 0 Å². The molecule has 1 heterocycles. The SMILES string of the molecule is Fc1cc(Br)cc2c1NCCC2Br. The Labute approximate surface area is 93.0 Å². The molecule has 1 atom stereocenters. The van der Waals surface area contributed by atoms with Crippen LogP contribution in [-0.2, 0) is 0 Å². The summed E-state index contributed by atoms with van der Waals surface area (Å²) in [7, 11) is 0. The van der Waals surface area contributed by atoms with E-state index in [-0.39, 0.29) is 10.6 Å². The van der Waals surface area contributed by atoms with Gasteiger partial charge < -0.3 is 5.32 Å². The van der Waals surface area contributed by atoms with Crippen LogP contribution in [0.4, 0.5) is 10.1 Å². The van der Waals surface area contributed by atoms with Crippen LogP contribution in [-0.4, -0.2) is 6.54 Å². The number of anilines is 1. The van der Waals surface area contributed by atoms with Gasteiger partial charge in [-0.05, 0) is 24.1 Å².